The van der Waals surface area contributed by atoms with E-state index in [2.05, 4.69) is 98.8 Å². The minimum atomic E-state index is -0.0701. The molecule has 0 aliphatic heterocycles. The van der Waals surface area contributed by atoms with Gasteiger partial charge in [-0.1, -0.05) is 111 Å². The highest BCUT2D eigenvalue weighted by atomic mass is 19.1. The van der Waals surface area contributed by atoms with E-state index in [0.717, 1.165) is 43.2 Å². The van der Waals surface area contributed by atoms with Crippen LogP contribution < -0.4 is 0 Å². The standard InChI is InChI=1S/C32H33F/c1-3-7-26-15-21-31(32(33)23-26)20-12-25-10-16-29(17-11-25)30-18-13-27(14-19-30)22-24(2)28-8-5-4-6-9-28/h4-6,8-11,13-19,21,23-24H,3,7,12,20,22H2,1-2H3/t24-/m0/s1. The van der Waals surface area contributed by atoms with Gasteiger partial charge >= 0.3 is 0 Å². The zero-order chi connectivity index (χ0) is 23.0. The van der Waals surface area contributed by atoms with Gasteiger partial charge in [0, 0.05) is 0 Å². The van der Waals surface area contributed by atoms with Crippen LogP contribution in [-0.4, -0.2) is 0 Å². The summed E-state index contributed by atoms with van der Waals surface area (Å²) in [4.78, 5) is 0. The van der Waals surface area contributed by atoms with E-state index in [4.69, 9.17) is 0 Å². The van der Waals surface area contributed by atoms with E-state index in [1.54, 1.807) is 6.07 Å². The van der Waals surface area contributed by atoms with Crippen molar-refractivity contribution in [1.82, 2.24) is 0 Å². The lowest BCUT2D eigenvalue weighted by Crippen LogP contribution is -1.98. The number of benzene rings is 4. The highest BCUT2D eigenvalue weighted by Gasteiger charge is 2.08. The first-order valence-corrected chi connectivity index (χ1v) is 12.1. The van der Waals surface area contributed by atoms with Crippen LogP contribution in [0.25, 0.3) is 11.1 Å². The van der Waals surface area contributed by atoms with Gasteiger partial charge in [-0.3, -0.25) is 0 Å². The highest BCUT2D eigenvalue weighted by Crippen LogP contribution is 2.24. The topological polar surface area (TPSA) is 0 Å². The summed E-state index contributed by atoms with van der Waals surface area (Å²) in [5, 5.41) is 0. The SMILES string of the molecule is CCCc1ccc(CCc2ccc(-c3ccc(C[C@H](C)c4ccccc4)cc3)cc2)c(F)c1. The minimum absolute atomic E-state index is 0.0701. The van der Waals surface area contributed by atoms with Crippen LogP contribution in [0.2, 0.25) is 0 Å². The minimum Gasteiger partial charge on any atom is -0.207 e. The van der Waals surface area contributed by atoms with Crippen LogP contribution in [0.1, 0.15) is 54.0 Å². The molecule has 4 aromatic carbocycles. The van der Waals surface area contributed by atoms with E-state index in [1.807, 2.05) is 6.07 Å². The summed E-state index contributed by atoms with van der Waals surface area (Å²) in [5.41, 5.74) is 8.33. The average molecular weight is 437 g/mol. The molecule has 0 aliphatic rings. The summed E-state index contributed by atoms with van der Waals surface area (Å²) >= 11 is 0. The van der Waals surface area contributed by atoms with Crippen molar-refractivity contribution in [3.8, 4) is 11.1 Å². The van der Waals surface area contributed by atoms with Gasteiger partial charge in [0.15, 0.2) is 0 Å². The van der Waals surface area contributed by atoms with Gasteiger partial charge in [0.25, 0.3) is 0 Å². The Morgan fingerprint density at radius 3 is 1.85 bits per heavy atom. The molecule has 0 unspecified atom stereocenters. The molecule has 0 fully saturated rings. The van der Waals surface area contributed by atoms with Gasteiger partial charge < -0.3 is 0 Å². The van der Waals surface area contributed by atoms with Crippen molar-refractivity contribution in [1.29, 1.82) is 0 Å². The lowest BCUT2D eigenvalue weighted by atomic mass is 9.92. The summed E-state index contributed by atoms with van der Waals surface area (Å²) in [7, 11) is 0. The number of halogens is 1. The average Bonchev–Trinajstić information content (AvgIpc) is 2.85. The fraction of sp³-hybridized carbons (Fsp3) is 0.250. The fourth-order valence-corrected chi connectivity index (χ4v) is 4.47. The van der Waals surface area contributed by atoms with Crippen LogP contribution in [0.15, 0.2) is 97.1 Å². The molecule has 0 spiro atoms. The third-order valence-electron chi connectivity index (χ3n) is 6.49. The Morgan fingerprint density at radius 1 is 0.636 bits per heavy atom. The lowest BCUT2D eigenvalue weighted by molar-refractivity contribution is 0.606. The Hall–Kier alpha value is -3.19. The zero-order valence-electron chi connectivity index (χ0n) is 19.7. The molecule has 0 saturated carbocycles. The second-order valence-electron chi connectivity index (χ2n) is 9.09. The van der Waals surface area contributed by atoms with Crippen molar-refractivity contribution in [2.24, 2.45) is 0 Å². The Bertz CT molecular complexity index is 1140. The molecule has 0 heterocycles. The van der Waals surface area contributed by atoms with Crippen molar-refractivity contribution in [3.63, 3.8) is 0 Å². The van der Waals surface area contributed by atoms with Crippen LogP contribution in [0, 0.1) is 5.82 Å². The maximum Gasteiger partial charge on any atom is 0.126 e. The first-order valence-electron chi connectivity index (χ1n) is 12.1. The van der Waals surface area contributed by atoms with Crippen molar-refractivity contribution in [3.05, 3.63) is 131 Å². The van der Waals surface area contributed by atoms with E-state index < -0.39 is 0 Å². The molecule has 0 saturated heterocycles. The van der Waals surface area contributed by atoms with E-state index in [0.29, 0.717) is 5.92 Å². The molecule has 0 amide bonds. The Morgan fingerprint density at radius 2 is 1.24 bits per heavy atom. The number of rotatable bonds is 9. The van der Waals surface area contributed by atoms with Gasteiger partial charge in [-0.05, 0) is 76.6 Å². The molecule has 0 aliphatic carbocycles. The van der Waals surface area contributed by atoms with Crippen LogP contribution in [0.4, 0.5) is 4.39 Å². The molecule has 0 bridgehead atoms. The van der Waals surface area contributed by atoms with E-state index in [-0.39, 0.29) is 5.82 Å². The van der Waals surface area contributed by atoms with Crippen LogP contribution >= 0.6 is 0 Å². The number of hydrogen-bond donors (Lipinski definition) is 0. The van der Waals surface area contributed by atoms with E-state index in [1.165, 1.54) is 27.8 Å². The first kappa shape index (κ1) is 23.0. The molecular formula is C32H33F. The van der Waals surface area contributed by atoms with Gasteiger partial charge in [-0.15, -0.1) is 0 Å². The van der Waals surface area contributed by atoms with Crippen molar-refractivity contribution in [2.45, 2.75) is 51.9 Å². The highest BCUT2D eigenvalue weighted by molar-refractivity contribution is 5.64. The second kappa shape index (κ2) is 11.1. The molecular weight excluding hydrogens is 403 g/mol. The van der Waals surface area contributed by atoms with Gasteiger partial charge in [0.05, 0.1) is 0 Å². The predicted molar refractivity (Wildman–Crippen MR) is 138 cm³/mol. The van der Waals surface area contributed by atoms with Gasteiger partial charge in [0.2, 0.25) is 0 Å². The Labute approximate surface area is 198 Å². The molecule has 0 radical (unpaired) electrons. The van der Waals surface area contributed by atoms with E-state index in [9.17, 15) is 4.39 Å². The van der Waals surface area contributed by atoms with Crippen molar-refractivity contribution >= 4 is 0 Å². The summed E-state index contributed by atoms with van der Waals surface area (Å²) in [6.07, 6.45) is 4.60. The molecule has 0 aromatic heterocycles. The molecule has 1 atom stereocenters. The van der Waals surface area contributed by atoms with Crippen LogP contribution in [0.3, 0.4) is 0 Å². The van der Waals surface area contributed by atoms with Crippen molar-refractivity contribution in [2.75, 3.05) is 0 Å². The largest absolute Gasteiger partial charge is 0.207 e. The van der Waals surface area contributed by atoms with Gasteiger partial charge in [0.1, 0.15) is 5.82 Å². The first-order chi connectivity index (χ1) is 16.1. The quantitative estimate of drug-likeness (QED) is 0.246. The summed E-state index contributed by atoms with van der Waals surface area (Å²) in [6.45, 7) is 4.41. The molecule has 4 rings (SSSR count). The Kier molecular flexibility index (Phi) is 7.73. The number of aryl methyl sites for hydroxylation is 3. The van der Waals surface area contributed by atoms with E-state index >= 15 is 0 Å². The summed E-state index contributed by atoms with van der Waals surface area (Å²) in [6, 6.07) is 34.0. The summed E-state index contributed by atoms with van der Waals surface area (Å²) in [5.74, 6) is 0.434. The summed E-state index contributed by atoms with van der Waals surface area (Å²) < 4.78 is 14.4. The molecule has 4 aromatic rings. The number of hydrogen-bond acceptors (Lipinski definition) is 0. The van der Waals surface area contributed by atoms with Crippen molar-refractivity contribution < 1.29 is 4.39 Å². The molecule has 0 nitrogen and oxygen atoms in total. The molecule has 1 heteroatoms. The third-order valence-corrected chi connectivity index (χ3v) is 6.49. The zero-order valence-corrected chi connectivity index (χ0v) is 19.7. The van der Waals surface area contributed by atoms with Gasteiger partial charge in [-0.25, -0.2) is 4.39 Å². The lowest BCUT2D eigenvalue weighted by Gasteiger charge is -2.12. The normalized spacial score (nSPS) is 12.0. The predicted octanol–water partition coefficient (Wildman–Crippen LogP) is 8.58. The smallest absolute Gasteiger partial charge is 0.126 e. The van der Waals surface area contributed by atoms with Gasteiger partial charge in [-0.2, -0.15) is 0 Å². The fourth-order valence-electron chi connectivity index (χ4n) is 4.47. The third kappa shape index (κ3) is 6.20. The van der Waals surface area contributed by atoms with Crippen LogP contribution in [-0.2, 0) is 25.7 Å². The molecule has 33 heavy (non-hydrogen) atoms. The second-order valence-corrected chi connectivity index (χ2v) is 9.09. The monoisotopic (exact) mass is 436 g/mol. The van der Waals surface area contributed by atoms with Crippen LogP contribution in [0.5, 0.6) is 0 Å². The molecule has 0 N–H and O–H groups in total. The maximum atomic E-state index is 14.4. The maximum absolute atomic E-state index is 14.4. The molecule has 168 valence electrons. The Balaban J connectivity index is 1.35.